The van der Waals surface area contributed by atoms with Gasteiger partial charge < -0.3 is 5.32 Å². The highest BCUT2D eigenvalue weighted by molar-refractivity contribution is 8.00. The lowest BCUT2D eigenvalue weighted by Gasteiger charge is -2.22. The summed E-state index contributed by atoms with van der Waals surface area (Å²) in [5.74, 6) is 0. The van der Waals surface area contributed by atoms with E-state index in [9.17, 15) is 0 Å². The second-order valence-electron chi connectivity index (χ2n) is 6.81. The standard InChI is InChI=1S/C14H27N3S/c1-10-11(9-15-13(2,3)4)12(17(8)16-10)18-14(5,6)7/h15H,9H2,1-8H3. The van der Waals surface area contributed by atoms with E-state index in [2.05, 4.69) is 58.9 Å². The van der Waals surface area contributed by atoms with Crippen LogP contribution in [0.2, 0.25) is 0 Å². The lowest BCUT2D eigenvalue weighted by Crippen LogP contribution is -2.35. The Balaban J connectivity index is 2.96. The first-order valence-electron chi connectivity index (χ1n) is 6.46. The van der Waals surface area contributed by atoms with E-state index in [0.29, 0.717) is 0 Å². The molecule has 0 atom stereocenters. The van der Waals surface area contributed by atoms with E-state index in [0.717, 1.165) is 12.2 Å². The van der Waals surface area contributed by atoms with Crippen LogP contribution in [-0.2, 0) is 13.6 Å². The van der Waals surface area contributed by atoms with E-state index in [1.807, 2.05) is 23.5 Å². The first-order chi connectivity index (χ1) is 7.99. The summed E-state index contributed by atoms with van der Waals surface area (Å²) in [6, 6.07) is 0. The molecule has 0 aromatic carbocycles. The van der Waals surface area contributed by atoms with Gasteiger partial charge in [0.25, 0.3) is 0 Å². The van der Waals surface area contributed by atoms with Gasteiger partial charge in [0.05, 0.1) is 10.7 Å². The van der Waals surface area contributed by atoms with Crippen molar-refractivity contribution >= 4 is 11.8 Å². The van der Waals surface area contributed by atoms with E-state index >= 15 is 0 Å². The Kier molecular flexibility index (Phi) is 4.55. The fourth-order valence-electron chi connectivity index (χ4n) is 1.66. The summed E-state index contributed by atoms with van der Waals surface area (Å²) < 4.78 is 2.21. The third-order valence-electron chi connectivity index (χ3n) is 2.49. The molecule has 18 heavy (non-hydrogen) atoms. The van der Waals surface area contributed by atoms with Gasteiger partial charge in [0.2, 0.25) is 0 Å². The molecule has 0 saturated carbocycles. The van der Waals surface area contributed by atoms with Crippen LogP contribution in [0.5, 0.6) is 0 Å². The fraction of sp³-hybridized carbons (Fsp3) is 0.786. The number of aromatic nitrogens is 2. The van der Waals surface area contributed by atoms with Crippen molar-refractivity contribution in [3.63, 3.8) is 0 Å². The maximum absolute atomic E-state index is 4.55. The van der Waals surface area contributed by atoms with Gasteiger partial charge >= 0.3 is 0 Å². The summed E-state index contributed by atoms with van der Waals surface area (Å²) in [4.78, 5) is 0. The van der Waals surface area contributed by atoms with E-state index < -0.39 is 0 Å². The van der Waals surface area contributed by atoms with Gasteiger partial charge in [-0.1, -0.05) is 20.8 Å². The van der Waals surface area contributed by atoms with E-state index in [-0.39, 0.29) is 10.3 Å². The Morgan fingerprint density at radius 2 is 1.72 bits per heavy atom. The second kappa shape index (κ2) is 5.25. The number of hydrogen-bond acceptors (Lipinski definition) is 3. The van der Waals surface area contributed by atoms with Crippen LogP contribution < -0.4 is 5.32 Å². The molecule has 1 N–H and O–H groups in total. The quantitative estimate of drug-likeness (QED) is 0.852. The van der Waals surface area contributed by atoms with Crippen LogP contribution in [0.15, 0.2) is 5.03 Å². The van der Waals surface area contributed by atoms with Gasteiger partial charge in [-0.2, -0.15) is 5.10 Å². The monoisotopic (exact) mass is 269 g/mol. The number of aryl methyl sites for hydroxylation is 2. The van der Waals surface area contributed by atoms with Crippen LogP contribution in [0.25, 0.3) is 0 Å². The molecule has 0 unspecified atom stereocenters. The molecule has 104 valence electrons. The predicted molar refractivity (Wildman–Crippen MR) is 80.1 cm³/mol. The van der Waals surface area contributed by atoms with Crippen LogP contribution in [-0.4, -0.2) is 20.1 Å². The lowest BCUT2D eigenvalue weighted by atomic mass is 10.1. The van der Waals surface area contributed by atoms with Gasteiger partial charge in [0, 0.05) is 29.4 Å². The minimum Gasteiger partial charge on any atom is -0.308 e. The number of thioether (sulfide) groups is 1. The Hall–Kier alpha value is -0.480. The summed E-state index contributed by atoms with van der Waals surface area (Å²) in [5, 5.41) is 9.38. The molecule has 3 nitrogen and oxygen atoms in total. The Labute approximate surface area is 116 Å². The maximum Gasteiger partial charge on any atom is 0.0989 e. The Morgan fingerprint density at radius 3 is 2.17 bits per heavy atom. The van der Waals surface area contributed by atoms with Crippen LogP contribution in [0.4, 0.5) is 0 Å². The van der Waals surface area contributed by atoms with Crippen molar-refractivity contribution in [2.24, 2.45) is 7.05 Å². The number of nitrogens with zero attached hydrogens (tertiary/aromatic N) is 2. The van der Waals surface area contributed by atoms with Crippen LogP contribution in [0, 0.1) is 6.92 Å². The zero-order valence-electron chi connectivity index (χ0n) is 13.0. The molecule has 0 saturated heterocycles. The average molecular weight is 269 g/mol. The zero-order chi connectivity index (χ0) is 14.1. The molecule has 0 radical (unpaired) electrons. The maximum atomic E-state index is 4.55. The Bertz CT molecular complexity index is 408. The molecule has 0 aliphatic heterocycles. The van der Waals surface area contributed by atoms with Crippen molar-refractivity contribution in [2.45, 2.75) is 70.3 Å². The number of hydrogen-bond donors (Lipinski definition) is 1. The predicted octanol–water partition coefficient (Wildman–Crippen LogP) is 3.51. The van der Waals surface area contributed by atoms with Crippen LogP contribution >= 0.6 is 11.8 Å². The highest BCUT2D eigenvalue weighted by Crippen LogP contribution is 2.35. The molecule has 4 heteroatoms. The van der Waals surface area contributed by atoms with Crippen LogP contribution in [0.1, 0.15) is 52.8 Å². The third kappa shape index (κ3) is 4.65. The molecule has 0 aliphatic rings. The zero-order valence-corrected chi connectivity index (χ0v) is 13.8. The smallest absolute Gasteiger partial charge is 0.0989 e. The normalized spacial score (nSPS) is 13.1. The SMILES string of the molecule is Cc1nn(C)c(SC(C)(C)C)c1CNC(C)(C)C. The Morgan fingerprint density at radius 1 is 1.17 bits per heavy atom. The topological polar surface area (TPSA) is 29.9 Å². The number of rotatable bonds is 3. The third-order valence-corrected chi connectivity index (χ3v) is 3.80. The van der Waals surface area contributed by atoms with Crippen molar-refractivity contribution in [3.05, 3.63) is 11.3 Å². The second-order valence-corrected chi connectivity index (χ2v) is 8.63. The van der Waals surface area contributed by atoms with Crippen LogP contribution in [0.3, 0.4) is 0 Å². The summed E-state index contributed by atoms with van der Waals surface area (Å²) in [6.45, 7) is 16.2. The molecule has 0 aliphatic carbocycles. The van der Waals surface area contributed by atoms with Gasteiger partial charge in [-0.15, -0.1) is 11.8 Å². The molecular formula is C14H27N3S. The number of nitrogens with one attached hydrogen (secondary N) is 1. The highest BCUT2D eigenvalue weighted by Gasteiger charge is 2.21. The lowest BCUT2D eigenvalue weighted by molar-refractivity contribution is 0.421. The summed E-state index contributed by atoms with van der Waals surface area (Å²) >= 11 is 1.89. The van der Waals surface area contributed by atoms with Crippen molar-refractivity contribution in [3.8, 4) is 0 Å². The van der Waals surface area contributed by atoms with Crippen molar-refractivity contribution in [1.82, 2.24) is 15.1 Å². The average Bonchev–Trinajstić information content (AvgIpc) is 2.35. The fourth-order valence-corrected chi connectivity index (χ4v) is 2.75. The summed E-state index contributed by atoms with van der Waals surface area (Å²) in [6.07, 6.45) is 0. The van der Waals surface area contributed by atoms with E-state index in [1.54, 1.807) is 0 Å². The van der Waals surface area contributed by atoms with Gasteiger partial charge in [0.15, 0.2) is 0 Å². The molecule has 0 amide bonds. The van der Waals surface area contributed by atoms with Crippen molar-refractivity contribution < 1.29 is 0 Å². The first kappa shape index (κ1) is 15.6. The van der Waals surface area contributed by atoms with Crippen molar-refractivity contribution in [1.29, 1.82) is 0 Å². The first-order valence-corrected chi connectivity index (χ1v) is 7.28. The van der Waals surface area contributed by atoms with Crippen molar-refractivity contribution in [2.75, 3.05) is 0 Å². The van der Waals surface area contributed by atoms with Gasteiger partial charge in [-0.3, -0.25) is 4.68 Å². The van der Waals surface area contributed by atoms with Gasteiger partial charge in [-0.05, 0) is 27.7 Å². The molecule has 1 aromatic heterocycles. The highest BCUT2D eigenvalue weighted by atomic mass is 32.2. The molecular weight excluding hydrogens is 242 g/mol. The minimum absolute atomic E-state index is 0.131. The van der Waals surface area contributed by atoms with Gasteiger partial charge in [0.1, 0.15) is 0 Å². The summed E-state index contributed by atoms with van der Waals surface area (Å²) in [7, 11) is 2.03. The molecule has 1 rings (SSSR count). The molecule has 0 bridgehead atoms. The van der Waals surface area contributed by atoms with Gasteiger partial charge in [-0.25, -0.2) is 0 Å². The molecule has 1 heterocycles. The molecule has 0 fully saturated rings. The summed E-state index contributed by atoms with van der Waals surface area (Å²) in [5.41, 5.74) is 2.58. The largest absolute Gasteiger partial charge is 0.308 e. The van der Waals surface area contributed by atoms with E-state index in [1.165, 1.54) is 10.6 Å². The molecule has 1 aromatic rings. The molecule has 0 spiro atoms. The minimum atomic E-state index is 0.131. The van der Waals surface area contributed by atoms with E-state index in [4.69, 9.17) is 0 Å².